The van der Waals surface area contributed by atoms with E-state index in [2.05, 4.69) is 0 Å². The number of benzene rings is 1. The second kappa shape index (κ2) is 9.24. The Balaban J connectivity index is 1.94. The van der Waals surface area contributed by atoms with Crippen molar-refractivity contribution in [2.24, 2.45) is 5.92 Å². The van der Waals surface area contributed by atoms with Gasteiger partial charge in [-0.25, -0.2) is 8.78 Å². The van der Waals surface area contributed by atoms with E-state index in [1.165, 1.54) is 0 Å². The fourth-order valence-electron chi connectivity index (χ4n) is 3.67. The topological polar surface area (TPSA) is 0 Å². The van der Waals surface area contributed by atoms with Gasteiger partial charge in [-0.2, -0.15) is 8.78 Å². The zero-order valence-electron chi connectivity index (χ0n) is 14.3. The SMILES string of the molecule is CCCCc1ccc(C2CCC(CCC=C(F)F)CC2)c(F)c1F. The van der Waals surface area contributed by atoms with E-state index in [1.807, 2.05) is 6.92 Å². The number of halogens is 4. The molecule has 1 aliphatic carbocycles. The number of rotatable bonds is 7. The molecule has 2 rings (SSSR count). The molecule has 0 radical (unpaired) electrons. The molecular formula is C20H26F4. The molecule has 1 aromatic rings. The van der Waals surface area contributed by atoms with Crippen LogP contribution < -0.4 is 0 Å². The Kier molecular flexibility index (Phi) is 7.32. The Morgan fingerprint density at radius 2 is 1.79 bits per heavy atom. The van der Waals surface area contributed by atoms with Gasteiger partial charge in [0.1, 0.15) is 0 Å². The van der Waals surface area contributed by atoms with Gasteiger partial charge in [0.15, 0.2) is 11.6 Å². The Bertz CT molecular complexity index is 553. The maximum Gasteiger partial charge on any atom is 0.266 e. The highest BCUT2D eigenvalue weighted by molar-refractivity contribution is 5.29. The van der Waals surface area contributed by atoms with Crippen LogP contribution in [-0.2, 0) is 6.42 Å². The summed E-state index contributed by atoms with van der Waals surface area (Å²) in [5.74, 6) is -0.917. The fourth-order valence-corrected chi connectivity index (χ4v) is 3.67. The summed E-state index contributed by atoms with van der Waals surface area (Å²) in [6, 6.07) is 3.47. The average Bonchev–Trinajstić information content (AvgIpc) is 2.57. The van der Waals surface area contributed by atoms with E-state index in [1.54, 1.807) is 12.1 Å². The first kappa shape index (κ1) is 19.0. The minimum Gasteiger partial charge on any atom is -0.203 e. The Hall–Kier alpha value is -1.32. The second-order valence-corrected chi connectivity index (χ2v) is 6.83. The Morgan fingerprint density at radius 1 is 1.08 bits per heavy atom. The summed E-state index contributed by atoms with van der Waals surface area (Å²) in [7, 11) is 0. The molecule has 0 nitrogen and oxygen atoms in total. The van der Waals surface area contributed by atoms with Crippen molar-refractivity contribution in [1.29, 1.82) is 0 Å². The normalized spacial score (nSPS) is 20.9. The van der Waals surface area contributed by atoms with Gasteiger partial charge in [-0.15, -0.1) is 0 Å². The third-order valence-corrected chi connectivity index (χ3v) is 5.15. The van der Waals surface area contributed by atoms with Crippen molar-refractivity contribution in [3.8, 4) is 0 Å². The maximum absolute atomic E-state index is 14.4. The molecule has 0 unspecified atom stereocenters. The van der Waals surface area contributed by atoms with Gasteiger partial charge in [-0.05, 0) is 80.4 Å². The van der Waals surface area contributed by atoms with Gasteiger partial charge in [-0.1, -0.05) is 25.5 Å². The predicted molar refractivity (Wildman–Crippen MR) is 89.2 cm³/mol. The summed E-state index contributed by atoms with van der Waals surface area (Å²) in [6.45, 7) is 2.03. The zero-order valence-corrected chi connectivity index (χ0v) is 14.3. The molecule has 0 aromatic heterocycles. The van der Waals surface area contributed by atoms with Crippen LogP contribution in [0.3, 0.4) is 0 Å². The van der Waals surface area contributed by atoms with Crippen molar-refractivity contribution >= 4 is 0 Å². The van der Waals surface area contributed by atoms with E-state index in [0.717, 1.165) is 51.0 Å². The molecule has 0 amide bonds. The summed E-state index contributed by atoms with van der Waals surface area (Å²) < 4.78 is 52.7. The summed E-state index contributed by atoms with van der Waals surface area (Å²) in [4.78, 5) is 0. The highest BCUT2D eigenvalue weighted by atomic mass is 19.3. The van der Waals surface area contributed by atoms with Gasteiger partial charge in [0.2, 0.25) is 0 Å². The van der Waals surface area contributed by atoms with E-state index in [-0.39, 0.29) is 5.92 Å². The lowest BCUT2D eigenvalue weighted by Gasteiger charge is -2.29. The minimum atomic E-state index is -1.62. The maximum atomic E-state index is 14.4. The van der Waals surface area contributed by atoms with Gasteiger partial charge in [-0.3, -0.25) is 0 Å². The van der Waals surface area contributed by atoms with Crippen LogP contribution in [0.2, 0.25) is 0 Å². The summed E-state index contributed by atoms with van der Waals surface area (Å²) in [5.41, 5.74) is 0.952. The molecule has 0 N–H and O–H groups in total. The first-order valence-corrected chi connectivity index (χ1v) is 9.00. The quantitative estimate of drug-likeness (QED) is 0.462. The fraction of sp³-hybridized carbons (Fsp3) is 0.600. The molecule has 24 heavy (non-hydrogen) atoms. The third kappa shape index (κ3) is 5.09. The minimum absolute atomic E-state index is 0.0458. The predicted octanol–water partition coefficient (Wildman–Crippen LogP) is 7.14. The van der Waals surface area contributed by atoms with E-state index in [0.29, 0.717) is 29.9 Å². The number of allylic oxidation sites excluding steroid dienone is 1. The van der Waals surface area contributed by atoms with Crippen LogP contribution in [-0.4, -0.2) is 0 Å². The van der Waals surface area contributed by atoms with Gasteiger partial charge in [0.25, 0.3) is 6.08 Å². The lowest BCUT2D eigenvalue weighted by Crippen LogP contribution is -2.15. The molecule has 0 saturated heterocycles. The number of hydrogen-bond acceptors (Lipinski definition) is 0. The van der Waals surface area contributed by atoms with Gasteiger partial charge in [0.05, 0.1) is 0 Å². The molecule has 1 aromatic carbocycles. The van der Waals surface area contributed by atoms with Crippen LogP contribution >= 0.6 is 0 Å². The van der Waals surface area contributed by atoms with Gasteiger partial charge >= 0.3 is 0 Å². The van der Waals surface area contributed by atoms with Crippen LogP contribution in [0.25, 0.3) is 0 Å². The molecule has 0 atom stereocenters. The van der Waals surface area contributed by atoms with Crippen LogP contribution in [0.5, 0.6) is 0 Å². The molecule has 0 spiro atoms. The molecule has 4 heteroatoms. The molecule has 0 bridgehead atoms. The summed E-state index contributed by atoms with van der Waals surface area (Å²) in [6.07, 6.45) is 6.27. The number of hydrogen-bond donors (Lipinski definition) is 0. The Labute approximate surface area is 142 Å². The van der Waals surface area contributed by atoms with Crippen molar-refractivity contribution in [1.82, 2.24) is 0 Å². The molecular weight excluding hydrogens is 316 g/mol. The monoisotopic (exact) mass is 342 g/mol. The van der Waals surface area contributed by atoms with Gasteiger partial charge < -0.3 is 0 Å². The van der Waals surface area contributed by atoms with E-state index in [4.69, 9.17) is 0 Å². The Morgan fingerprint density at radius 3 is 2.42 bits per heavy atom. The van der Waals surface area contributed by atoms with Crippen molar-refractivity contribution < 1.29 is 17.6 Å². The van der Waals surface area contributed by atoms with E-state index in [9.17, 15) is 17.6 Å². The summed E-state index contributed by atoms with van der Waals surface area (Å²) in [5, 5.41) is 0. The molecule has 0 aliphatic heterocycles. The van der Waals surface area contributed by atoms with Crippen LogP contribution in [0.4, 0.5) is 17.6 Å². The lowest BCUT2D eigenvalue weighted by atomic mass is 9.77. The van der Waals surface area contributed by atoms with Crippen molar-refractivity contribution in [2.75, 3.05) is 0 Å². The molecule has 1 saturated carbocycles. The summed E-state index contributed by atoms with van der Waals surface area (Å²) >= 11 is 0. The molecule has 1 aliphatic rings. The molecule has 134 valence electrons. The number of aryl methyl sites for hydroxylation is 1. The first-order valence-electron chi connectivity index (χ1n) is 9.00. The standard InChI is InChI=1S/C20H26F4/c1-2-3-6-16-12-13-17(20(24)19(16)23)15-10-8-14(9-11-15)5-4-7-18(21)22/h7,12-15H,2-6,8-11H2,1H3. The van der Waals surface area contributed by atoms with Crippen LogP contribution in [0.1, 0.15) is 75.3 Å². The van der Waals surface area contributed by atoms with Crippen LogP contribution in [0.15, 0.2) is 24.3 Å². The van der Waals surface area contributed by atoms with Crippen molar-refractivity contribution in [3.05, 3.63) is 47.1 Å². The molecule has 1 fully saturated rings. The van der Waals surface area contributed by atoms with Crippen LogP contribution in [0, 0.1) is 17.6 Å². The molecule has 0 heterocycles. The largest absolute Gasteiger partial charge is 0.266 e. The highest BCUT2D eigenvalue weighted by Gasteiger charge is 2.26. The first-order chi connectivity index (χ1) is 11.5. The lowest BCUT2D eigenvalue weighted by molar-refractivity contribution is 0.304. The zero-order chi connectivity index (χ0) is 17.5. The van der Waals surface area contributed by atoms with Crippen molar-refractivity contribution in [2.45, 2.75) is 70.6 Å². The second-order valence-electron chi connectivity index (χ2n) is 6.83. The highest BCUT2D eigenvalue weighted by Crippen LogP contribution is 2.39. The smallest absolute Gasteiger partial charge is 0.203 e. The van der Waals surface area contributed by atoms with Gasteiger partial charge in [0, 0.05) is 0 Å². The average molecular weight is 342 g/mol. The van der Waals surface area contributed by atoms with E-state index < -0.39 is 17.7 Å². The van der Waals surface area contributed by atoms with E-state index >= 15 is 0 Å². The van der Waals surface area contributed by atoms with Crippen molar-refractivity contribution in [3.63, 3.8) is 0 Å². The number of unbranched alkanes of at least 4 members (excludes halogenated alkanes) is 1. The third-order valence-electron chi connectivity index (χ3n) is 5.15.